The first-order valence-corrected chi connectivity index (χ1v) is 7.23. The lowest BCUT2D eigenvalue weighted by Crippen LogP contribution is -2.37. The van der Waals surface area contributed by atoms with Crippen LogP contribution >= 0.6 is 0 Å². The van der Waals surface area contributed by atoms with Gasteiger partial charge in [0, 0.05) is 13.1 Å². The second kappa shape index (κ2) is 7.19. The number of piperidine rings is 1. The van der Waals surface area contributed by atoms with Crippen LogP contribution in [-0.4, -0.2) is 54.2 Å². The Morgan fingerprint density at radius 3 is 2.70 bits per heavy atom. The molecule has 2 heterocycles. The number of aromatic nitrogens is 2. The summed E-state index contributed by atoms with van der Waals surface area (Å²) in [4.78, 5) is 14.3. The lowest BCUT2D eigenvalue weighted by molar-refractivity contribution is 0.0933. The summed E-state index contributed by atoms with van der Waals surface area (Å²) in [5.41, 5.74) is 0.375. The molecule has 0 unspecified atom stereocenters. The third-order valence-corrected chi connectivity index (χ3v) is 3.64. The van der Waals surface area contributed by atoms with E-state index in [-0.39, 0.29) is 5.91 Å². The number of hydrogen-bond donors (Lipinski definition) is 2. The highest BCUT2D eigenvalue weighted by molar-refractivity contribution is 5.92. The molecule has 1 aliphatic heterocycles. The van der Waals surface area contributed by atoms with Crippen molar-refractivity contribution >= 4 is 11.7 Å². The number of rotatable bonds is 5. The molecule has 0 aliphatic carbocycles. The molecule has 6 nitrogen and oxygen atoms in total. The van der Waals surface area contributed by atoms with Gasteiger partial charge in [-0.1, -0.05) is 0 Å². The molecule has 1 fully saturated rings. The van der Waals surface area contributed by atoms with Crippen molar-refractivity contribution in [3.8, 4) is 0 Å². The Kier molecular flexibility index (Phi) is 5.29. The minimum Gasteiger partial charge on any atom is -0.369 e. The summed E-state index contributed by atoms with van der Waals surface area (Å²) in [6.07, 6.45) is 2.28. The van der Waals surface area contributed by atoms with Gasteiger partial charge in [-0.15, -0.1) is 10.2 Å². The van der Waals surface area contributed by atoms with Crippen molar-refractivity contribution in [2.75, 3.05) is 38.5 Å². The zero-order valence-corrected chi connectivity index (χ0v) is 12.2. The molecule has 0 atom stereocenters. The molecule has 1 amide bonds. The Labute approximate surface area is 120 Å². The maximum atomic E-state index is 12.0. The number of nitrogens with one attached hydrogen (secondary N) is 2. The fraction of sp³-hybridized carbons (Fsp3) is 0.643. The minimum atomic E-state index is -0.139. The molecule has 2 rings (SSSR count). The van der Waals surface area contributed by atoms with Crippen molar-refractivity contribution in [2.24, 2.45) is 5.92 Å². The molecule has 1 aromatic heterocycles. The zero-order valence-electron chi connectivity index (χ0n) is 12.2. The van der Waals surface area contributed by atoms with E-state index in [1.165, 1.54) is 0 Å². The Morgan fingerprint density at radius 2 is 2.10 bits per heavy atom. The molecule has 0 spiro atoms. The Balaban J connectivity index is 1.79. The minimum absolute atomic E-state index is 0.139. The Morgan fingerprint density at radius 1 is 1.35 bits per heavy atom. The number of likely N-dealkylation sites (tertiary alicyclic amines) is 1. The molecule has 110 valence electrons. The molecular weight excluding hydrogens is 254 g/mol. The maximum absolute atomic E-state index is 12.0. The van der Waals surface area contributed by atoms with E-state index in [1.807, 2.05) is 6.92 Å². The zero-order chi connectivity index (χ0) is 14.4. The van der Waals surface area contributed by atoms with Crippen LogP contribution in [0.15, 0.2) is 12.1 Å². The van der Waals surface area contributed by atoms with Crippen molar-refractivity contribution in [2.45, 2.75) is 19.8 Å². The van der Waals surface area contributed by atoms with Gasteiger partial charge in [-0.2, -0.15) is 0 Å². The van der Waals surface area contributed by atoms with Gasteiger partial charge >= 0.3 is 0 Å². The van der Waals surface area contributed by atoms with E-state index in [0.717, 1.165) is 39.0 Å². The van der Waals surface area contributed by atoms with Crippen LogP contribution in [0.3, 0.4) is 0 Å². The maximum Gasteiger partial charge on any atom is 0.271 e. The second-order valence-electron chi connectivity index (χ2n) is 5.29. The fourth-order valence-corrected chi connectivity index (χ4v) is 2.32. The number of nitrogens with zero attached hydrogens (tertiary/aromatic N) is 3. The molecule has 1 aromatic rings. The van der Waals surface area contributed by atoms with Gasteiger partial charge in [0.2, 0.25) is 0 Å². The fourth-order valence-electron chi connectivity index (χ4n) is 2.32. The molecule has 6 heteroatoms. The summed E-state index contributed by atoms with van der Waals surface area (Å²) in [7, 11) is 2.14. The summed E-state index contributed by atoms with van der Waals surface area (Å²) < 4.78 is 0. The van der Waals surface area contributed by atoms with E-state index in [9.17, 15) is 4.79 Å². The number of hydrogen-bond acceptors (Lipinski definition) is 5. The van der Waals surface area contributed by atoms with Crippen LogP contribution in [0.25, 0.3) is 0 Å². The number of carbonyl (C=O) groups excluding carboxylic acids is 1. The van der Waals surface area contributed by atoms with E-state index < -0.39 is 0 Å². The van der Waals surface area contributed by atoms with Gasteiger partial charge in [0.05, 0.1) is 0 Å². The van der Waals surface area contributed by atoms with Crippen LogP contribution in [0.4, 0.5) is 5.82 Å². The normalized spacial score (nSPS) is 16.9. The van der Waals surface area contributed by atoms with Crippen LogP contribution in [0.5, 0.6) is 0 Å². The average Bonchev–Trinajstić information content (AvgIpc) is 2.47. The first-order valence-electron chi connectivity index (χ1n) is 7.23. The van der Waals surface area contributed by atoms with Gasteiger partial charge in [-0.3, -0.25) is 4.79 Å². The van der Waals surface area contributed by atoms with Gasteiger partial charge in [0.15, 0.2) is 5.69 Å². The van der Waals surface area contributed by atoms with Gasteiger partial charge in [0.25, 0.3) is 5.91 Å². The van der Waals surface area contributed by atoms with Crippen molar-refractivity contribution in [1.82, 2.24) is 20.4 Å². The largest absolute Gasteiger partial charge is 0.369 e. The van der Waals surface area contributed by atoms with Crippen LogP contribution < -0.4 is 10.6 Å². The van der Waals surface area contributed by atoms with Gasteiger partial charge in [0.1, 0.15) is 5.82 Å². The third-order valence-electron chi connectivity index (χ3n) is 3.64. The van der Waals surface area contributed by atoms with Crippen LogP contribution in [0.2, 0.25) is 0 Å². The van der Waals surface area contributed by atoms with Crippen LogP contribution in [-0.2, 0) is 0 Å². The smallest absolute Gasteiger partial charge is 0.271 e. The number of amides is 1. The summed E-state index contributed by atoms with van der Waals surface area (Å²) >= 11 is 0. The van der Waals surface area contributed by atoms with E-state index in [4.69, 9.17) is 0 Å². The summed E-state index contributed by atoms with van der Waals surface area (Å²) in [6, 6.07) is 3.48. The Hall–Kier alpha value is -1.69. The van der Waals surface area contributed by atoms with Crippen molar-refractivity contribution in [3.05, 3.63) is 17.8 Å². The first-order chi connectivity index (χ1) is 9.69. The second-order valence-corrected chi connectivity index (χ2v) is 5.29. The van der Waals surface area contributed by atoms with Crippen LogP contribution in [0.1, 0.15) is 30.3 Å². The van der Waals surface area contributed by atoms with Crippen molar-refractivity contribution in [1.29, 1.82) is 0 Å². The van der Waals surface area contributed by atoms with Crippen molar-refractivity contribution < 1.29 is 4.79 Å². The molecule has 0 aromatic carbocycles. The lowest BCUT2D eigenvalue weighted by Gasteiger charge is -2.28. The van der Waals surface area contributed by atoms with E-state index in [1.54, 1.807) is 12.1 Å². The van der Waals surface area contributed by atoms with Crippen LogP contribution in [0, 0.1) is 5.92 Å². The summed E-state index contributed by atoms with van der Waals surface area (Å²) in [5, 5.41) is 13.9. The predicted molar refractivity (Wildman–Crippen MR) is 78.7 cm³/mol. The average molecular weight is 277 g/mol. The van der Waals surface area contributed by atoms with Gasteiger partial charge < -0.3 is 15.5 Å². The molecule has 1 saturated heterocycles. The third kappa shape index (κ3) is 4.16. The van der Waals surface area contributed by atoms with E-state index in [2.05, 4.69) is 32.8 Å². The molecule has 0 saturated carbocycles. The SMILES string of the molecule is CCNc1ccc(C(=O)NCC2CCN(C)CC2)nn1. The molecule has 2 N–H and O–H groups in total. The number of carbonyl (C=O) groups is 1. The molecule has 20 heavy (non-hydrogen) atoms. The Bertz CT molecular complexity index is 426. The highest BCUT2D eigenvalue weighted by Crippen LogP contribution is 2.14. The lowest BCUT2D eigenvalue weighted by atomic mass is 9.97. The topological polar surface area (TPSA) is 70.2 Å². The number of anilines is 1. The van der Waals surface area contributed by atoms with E-state index >= 15 is 0 Å². The standard InChI is InChI=1S/C14H23N5O/c1-3-15-13-5-4-12(17-18-13)14(20)16-10-11-6-8-19(2)9-7-11/h4-5,11H,3,6-10H2,1-2H3,(H,15,18)(H,16,20). The highest BCUT2D eigenvalue weighted by atomic mass is 16.1. The van der Waals surface area contributed by atoms with Gasteiger partial charge in [-0.05, 0) is 58.0 Å². The molecule has 1 aliphatic rings. The van der Waals surface area contributed by atoms with Gasteiger partial charge in [-0.25, -0.2) is 0 Å². The molecule has 0 radical (unpaired) electrons. The molecule has 0 bridgehead atoms. The quantitative estimate of drug-likeness (QED) is 0.839. The first kappa shape index (κ1) is 14.7. The van der Waals surface area contributed by atoms with E-state index in [0.29, 0.717) is 17.4 Å². The monoisotopic (exact) mass is 277 g/mol. The summed E-state index contributed by atoms with van der Waals surface area (Å²) in [5.74, 6) is 1.13. The molecular formula is C14H23N5O. The predicted octanol–water partition coefficient (Wildman–Crippen LogP) is 0.980. The highest BCUT2D eigenvalue weighted by Gasteiger charge is 2.17. The van der Waals surface area contributed by atoms with Crippen molar-refractivity contribution in [3.63, 3.8) is 0 Å². The summed E-state index contributed by atoms with van der Waals surface area (Å²) in [6.45, 7) is 5.72.